The van der Waals surface area contributed by atoms with E-state index in [0.717, 1.165) is 10.0 Å². The molecule has 0 unspecified atom stereocenters. The van der Waals surface area contributed by atoms with Crippen LogP contribution >= 0.6 is 31.9 Å². The summed E-state index contributed by atoms with van der Waals surface area (Å²) in [7, 11) is 0. The zero-order valence-corrected chi connectivity index (χ0v) is 18.5. The number of nitrogens with one attached hydrogen (secondary N) is 1. The smallest absolute Gasteiger partial charge is 0.319 e. The fraction of sp³-hybridized carbons (Fsp3) is 0.150. The van der Waals surface area contributed by atoms with E-state index in [1.807, 2.05) is 36.5 Å². The van der Waals surface area contributed by atoms with Crippen molar-refractivity contribution in [3.8, 4) is 17.6 Å². The maximum absolute atomic E-state index is 11.9. The number of rotatable bonds is 7. The molecule has 0 atom stereocenters. The largest absolute Gasteiger partial charge is 0.490 e. The molecule has 9 heteroatoms. The van der Waals surface area contributed by atoms with Gasteiger partial charge in [-0.25, -0.2) is 4.79 Å². The molecular formula is C20H17Br2N3O4. The monoisotopic (exact) mass is 521 g/mol. The van der Waals surface area contributed by atoms with Gasteiger partial charge in [-0.1, -0.05) is 44.0 Å². The molecule has 150 valence electrons. The molecule has 0 radical (unpaired) electrons. The first-order valence-electron chi connectivity index (χ1n) is 8.40. The lowest BCUT2D eigenvalue weighted by molar-refractivity contribution is -0.115. The van der Waals surface area contributed by atoms with Crippen molar-refractivity contribution in [2.45, 2.75) is 13.5 Å². The first-order valence-corrected chi connectivity index (χ1v) is 9.98. The standard InChI is InChI=1S/C20H17Br2N3O4/c1-2-28-17-8-13(7-14(10-23)19(26)25-20(24)27)16(22)9-18(17)29-11-12-3-5-15(21)6-4-12/h3-9H,2,11H2,1H3,(H3,24,25,26,27)/b14-7-. The van der Waals surface area contributed by atoms with E-state index in [2.05, 4.69) is 31.9 Å². The number of nitriles is 1. The Hall–Kier alpha value is -2.83. The van der Waals surface area contributed by atoms with Crippen molar-refractivity contribution in [1.82, 2.24) is 5.32 Å². The number of amides is 3. The number of carbonyl (C=O) groups is 2. The second-order valence-electron chi connectivity index (χ2n) is 5.66. The van der Waals surface area contributed by atoms with Gasteiger partial charge in [0, 0.05) is 8.95 Å². The van der Waals surface area contributed by atoms with E-state index < -0.39 is 11.9 Å². The Bertz CT molecular complexity index is 982. The van der Waals surface area contributed by atoms with Crippen molar-refractivity contribution in [2.75, 3.05) is 6.61 Å². The molecule has 2 aromatic carbocycles. The Morgan fingerprint density at radius 3 is 2.41 bits per heavy atom. The van der Waals surface area contributed by atoms with E-state index >= 15 is 0 Å². The highest BCUT2D eigenvalue weighted by Crippen LogP contribution is 2.35. The fourth-order valence-corrected chi connectivity index (χ4v) is 2.97. The molecule has 0 fully saturated rings. The van der Waals surface area contributed by atoms with E-state index in [0.29, 0.717) is 34.7 Å². The molecule has 7 nitrogen and oxygen atoms in total. The average molecular weight is 523 g/mol. The Morgan fingerprint density at radius 1 is 1.17 bits per heavy atom. The van der Waals surface area contributed by atoms with E-state index in [4.69, 9.17) is 15.2 Å². The number of nitrogens with two attached hydrogens (primary N) is 1. The summed E-state index contributed by atoms with van der Waals surface area (Å²) in [6.07, 6.45) is 1.32. The van der Waals surface area contributed by atoms with Gasteiger partial charge in [0.2, 0.25) is 0 Å². The summed E-state index contributed by atoms with van der Waals surface area (Å²) >= 11 is 6.80. The highest BCUT2D eigenvalue weighted by Gasteiger charge is 2.15. The maximum atomic E-state index is 11.9. The number of hydrogen-bond donors (Lipinski definition) is 2. The molecule has 0 aromatic heterocycles. The van der Waals surface area contributed by atoms with Crippen molar-refractivity contribution in [1.29, 1.82) is 5.26 Å². The van der Waals surface area contributed by atoms with Gasteiger partial charge in [0.05, 0.1) is 6.61 Å². The normalized spacial score (nSPS) is 10.8. The van der Waals surface area contributed by atoms with Gasteiger partial charge in [0.25, 0.3) is 5.91 Å². The molecule has 0 bridgehead atoms. The molecule has 0 spiro atoms. The summed E-state index contributed by atoms with van der Waals surface area (Å²) < 4.78 is 13.1. The van der Waals surface area contributed by atoms with Crippen LogP contribution in [0.3, 0.4) is 0 Å². The van der Waals surface area contributed by atoms with E-state index in [1.165, 1.54) is 6.08 Å². The summed E-state index contributed by atoms with van der Waals surface area (Å²) in [5.41, 5.74) is 6.12. The fourth-order valence-electron chi connectivity index (χ4n) is 2.27. The number of carbonyl (C=O) groups excluding carboxylic acids is 2. The summed E-state index contributed by atoms with van der Waals surface area (Å²) in [5.74, 6) is 0.0611. The van der Waals surface area contributed by atoms with Crippen LogP contribution in [0.1, 0.15) is 18.1 Å². The third kappa shape index (κ3) is 6.62. The molecule has 0 aliphatic rings. The van der Waals surface area contributed by atoms with Crippen molar-refractivity contribution in [2.24, 2.45) is 5.73 Å². The molecule has 3 N–H and O–H groups in total. The van der Waals surface area contributed by atoms with Gasteiger partial charge in [-0.05, 0) is 48.4 Å². The van der Waals surface area contributed by atoms with Gasteiger partial charge in [0.1, 0.15) is 18.2 Å². The third-order valence-electron chi connectivity index (χ3n) is 3.57. The summed E-state index contributed by atoms with van der Waals surface area (Å²) in [5, 5.41) is 11.1. The summed E-state index contributed by atoms with van der Waals surface area (Å²) in [6.45, 7) is 2.56. The highest BCUT2D eigenvalue weighted by molar-refractivity contribution is 9.10. The number of benzene rings is 2. The van der Waals surface area contributed by atoms with Crippen LogP contribution in [-0.2, 0) is 11.4 Å². The molecule has 0 saturated heterocycles. The number of primary amides is 1. The van der Waals surface area contributed by atoms with Gasteiger partial charge in [-0.3, -0.25) is 10.1 Å². The quantitative estimate of drug-likeness (QED) is 0.415. The number of halogens is 2. The Labute approximate surface area is 184 Å². The van der Waals surface area contributed by atoms with Gasteiger partial charge >= 0.3 is 6.03 Å². The molecule has 0 saturated carbocycles. The lowest BCUT2D eigenvalue weighted by Gasteiger charge is -2.14. The first kappa shape index (κ1) is 22.5. The van der Waals surface area contributed by atoms with Gasteiger partial charge in [0.15, 0.2) is 11.5 Å². The number of urea groups is 1. The molecule has 0 aliphatic carbocycles. The number of hydrogen-bond acceptors (Lipinski definition) is 5. The van der Waals surface area contributed by atoms with Crippen molar-refractivity contribution < 1.29 is 19.1 Å². The van der Waals surface area contributed by atoms with E-state index in [-0.39, 0.29) is 5.57 Å². The van der Waals surface area contributed by atoms with Crippen LogP contribution in [0.5, 0.6) is 11.5 Å². The van der Waals surface area contributed by atoms with Crippen LogP contribution in [0.4, 0.5) is 4.79 Å². The second-order valence-corrected chi connectivity index (χ2v) is 7.43. The van der Waals surface area contributed by atoms with E-state index in [1.54, 1.807) is 18.2 Å². The van der Waals surface area contributed by atoms with Crippen LogP contribution in [-0.4, -0.2) is 18.5 Å². The summed E-state index contributed by atoms with van der Waals surface area (Å²) in [6, 6.07) is 11.8. The summed E-state index contributed by atoms with van der Waals surface area (Å²) in [4.78, 5) is 22.7. The van der Waals surface area contributed by atoms with Gasteiger partial charge in [-0.2, -0.15) is 5.26 Å². The number of imide groups is 1. The Morgan fingerprint density at radius 2 is 1.83 bits per heavy atom. The minimum absolute atomic E-state index is 0.282. The second kappa shape index (κ2) is 10.6. The lowest BCUT2D eigenvalue weighted by atomic mass is 10.1. The average Bonchev–Trinajstić information content (AvgIpc) is 2.67. The van der Waals surface area contributed by atoms with Crippen LogP contribution < -0.4 is 20.5 Å². The third-order valence-corrected chi connectivity index (χ3v) is 4.79. The lowest BCUT2D eigenvalue weighted by Crippen LogP contribution is -2.35. The number of nitrogens with zero attached hydrogens (tertiary/aromatic N) is 1. The Balaban J connectivity index is 2.31. The molecule has 3 amide bonds. The number of ether oxygens (including phenoxy) is 2. The van der Waals surface area contributed by atoms with Gasteiger partial charge < -0.3 is 15.2 Å². The van der Waals surface area contributed by atoms with Crippen molar-refractivity contribution in [3.05, 3.63) is 62.0 Å². The SMILES string of the molecule is CCOc1cc(/C=C(/C#N)C(=O)NC(N)=O)c(Br)cc1OCc1ccc(Br)cc1. The van der Waals surface area contributed by atoms with E-state index in [9.17, 15) is 14.9 Å². The minimum atomic E-state index is -1.04. The minimum Gasteiger partial charge on any atom is -0.490 e. The highest BCUT2D eigenvalue weighted by atomic mass is 79.9. The predicted octanol–water partition coefficient (Wildman–Crippen LogP) is 4.29. The first-order chi connectivity index (χ1) is 13.8. The zero-order valence-electron chi connectivity index (χ0n) is 15.4. The molecule has 2 aromatic rings. The van der Waals surface area contributed by atoms with Crippen molar-refractivity contribution >= 4 is 49.9 Å². The zero-order chi connectivity index (χ0) is 21.4. The molecular weight excluding hydrogens is 506 g/mol. The Kier molecular flexibility index (Phi) is 8.24. The predicted molar refractivity (Wildman–Crippen MR) is 115 cm³/mol. The maximum Gasteiger partial charge on any atom is 0.319 e. The van der Waals surface area contributed by atoms with Crippen LogP contribution in [0.2, 0.25) is 0 Å². The molecule has 0 aliphatic heterocycles. The van der Waals surface area contributed by atoms with Crippen molar-refractivity contribution in [3.63, 3.8) is 0 Å². The van der Waals surface area contributed by atoms with Crippen LogP contribution in [0, 0.1) is 11.3 Å². The van der Waals surface area contributed by atoms with Crippen LogP contribution in [0.15, 0.2) is 50.9 Å². The van der Waals surface area contributed by atoms with Crippen LogP contribution in [0.25, 0.3) is 6.08 Å². The molecule has 29 heavy (non-hydrogen) atoms. The van der Waals surface area contributed by atoms with Gasteiger partial charge in [-0.15, -0.1) is 0 Å². The topological polar surface area (TPSA) is 114 Å². The molecule has 2 rings (SSSR count). The molecule has 0 heterocycles.